The first-order valence-electron chi connectivity index (χ1n) is 8.20. The minimum absolute atomic E-state index is 0.0245. The van der Waals surface area contributed by atoms with Crippen LogP contribution in [0.4, 0.5) is 4.79 Å². The topological polar surface area (TPSA) is 79.6 Å². The lowest BCUT2D eigenvalue weighted by Crippen LogP contribution is -2.32. The molecule has 2 amide bonds. The predicted octanol–water partition coefficient (Wildman–Crippen LogP) is 3.70. The summed E-state index contributed by atoms with van der Waals surface area (Å²) < 4.78 is 10.7. The molecule has 0 saturated carbocycles. The Kier molecular flexibility index (Phi) is 6.13. The highest BCUT2D eigenvalue weighted by atomic mass is 32.2. The molecular weight excluding hydrogens is 364 g/mol. The minimum Gasteiger partial charge on any atom is -0.492 e. The monoisotopic (exact) mass is 380 g/mol. The van der Waals surface area contributed by atoms with Crippen molar-refractivity contribution in [2.45, 2.75) is 0 Å². The van der Waals surface area contributed by atoms with Crippen LogP contribution in [0.2, 0.25) is 0 Å². The van der Waals surface area contributed by atoms with E-state index < -0.39 is 0 Å². The second-order valence-corrected chi connectivity index (χ2v) is 6.50. The van der Waals surface area contributed by atoms with E-state index in [1.165, 1.54) is 4.90 Å². The van der Waals surface area contributed by atoms with E-state index in [0.717, 1.165) is 17.3 Å². The number of rotatable bonds is 7. The number of hydrogen-bond donors (Lipinski definition) is 0. The fraction of sp³-hybridized carbons (Fsp3) is 0.150. The van der Waals surface area contributed by atoms with Crippen molar-refractivity contribution < 1.29 is 19.1 Å². The number of carbonyl (C=O) groups is 2. The summed E-state index contributed by atoms with van der Waals surface area (Å²) in [5.41, 5.74) is 0.769. The molecule has 0 spiro atoms. The molecule has 0 aromatic heterocycles. The van der Waals surface area contributed by atoms with Crippen LogP contribution in [0, 0.1) is 11.3 Å². The SMILES string of the molecule is N#CCOc1ccc(/C=C2\SC(=O)N(CCOc3ccccc3)C2=O)cc1. The third-order valence-corrected chi connectivity index (χ3v) is 4.59. The molecule has 1 fully saturated rings. The summed E-state index contributed by atoms with van der Waals surface area (Å²) in [4.78, 5) is 26.1. The normalized spacial score (nSPS) is 15.1. The first-order valence-corrected chi connectivity index (χ1v) is 9.02. The Hall–Kier alpha value is -3.24. The van der Waals surface area contributed by atoms with Gasteiger partial charge in [0.2, 0.25) is 0 Å². The van der Waals surface area contributed by atoms with Crippen molar-refractivity contribution in [3.8, 4) is 17.6 Å². The number of amides is 2. The maximum absolute atomic E-state index is 12.5. The molecule has 2 aromatic carbocycles. The Labute approximate surface area is 161 Å². The number of thioether (sulfide) groups is 1. The van der Waals surface area contributed by atoms with Crippen molar-refractivity contribution in [3.05, 3.63) is 65.1 Å². The Morgan fingerprint density at radius 1 is 1.00 bits per heavy atom. The molecule has 0 unspecified atom stereocenters. The average molecular weight is 380 g/mol. The number of ether oxygens (including phenoxy) is 2. The first-order chi connectivity index (χ1) is 13.2. The zero-order valence-electron chi connectivity index (χ0n) is 14.3. The number of hydrogen-bond acceptors (Lipinski definition) is 6. The van der Waals surface area contributed by atoms with Gasteiger partial charge in [-0.3, -0.25) is 14.5 Å². The fourth-order valence-electron chi connectivity index (χ4n) is 2.39. The Bertz CT molecular complexity index is 888. The number of imide groups is 1. The van der Waals surface area contributed by atoms with E-state index in [4.69, 9.17) is 14.7 Å². The number of para-hydroxylation sites is 1. The lowest BCUT2D eigenvalue weighted by atomic mass is 10.2. The lowest BCUT2D eigenvalue weighted by Gasteiger charge is -2.13. The highest BCUT2D eigenvalue weighted by Crippen LogP contribution is 2.32. The third-order valence-electron chi connectivity index (χ3n) is 3.68. The second-order valence-electron chi connectivity index (χ2n) is 5.51. The standard InChI is InChI=1S/C20H16N2O4S/c21-10-12-25-17-8-6-15(7-9-17)14-18-19(23)22(20(24)27-18)11-13-26-16-4-2-1-3-5-16/h1-9,14H,11-13H2/b18-14-. The van der Waals surface area contributed by atoms with Crippen LogP contribution in [0.25, 0.3) is 6.08 Å². The van der Waals surface area contributed by atoms with E-state index in [2.05, 4.69) is 0 Å². The molecule has 0 N–H and O–H groups in total. The second kappa shape index (κ2) is 8.92. The summed E-state index contributed by atoms with van der Waals surface area (Å²) in [5, 5.41) is 8.20. The minimum atomic E-state index is -0.327. The van der Waals surface area contributed by atoms with Gasteiger partial charge in [0, 0.05) is 0 Å². The van der Waals surface area contributed by atoms with Crippen LogP contribution in [0.15, 0.2) is 59.5 Å². The largest absolute Gasteiger partial charge is 0.492 e. The Morgan fingerprint density at radius 2 is 1.70 bits per heavy atom. The summed E-state index contributed by atoms with van der Waals surface area (Å²) in [5.74, 6) is 0.935. The van der Waals surface area contributed by atoms with Crippen molar-refractivity contribution in [2.75, 3.05) is 19.8 Å². The maximum Gasteiger partial charge on any atom is 0.293 e. The van der Waals surface area contributed by atoms with E-state index in [-0.39, 0.29) is 30.9 Å². The van der Waals surface area contributed by atoms with Gasteiger partial charge in [-0.15, -0.1) is 0 Å². The first kappa shape index (κ1) is 18.5. The molecule has 2 aromatic rings. The van der Waals surface area contributed by atoms with Crippen LogP contribution >= 0.6 is 11.8 Å². The van der Waals surface area contributed by atoms with E-state index in [1.54, 1.807) is 30.3 Å². The molecule has 0 bridgehead atoms. The lowest BCUT2D eigenvalue weighted by molar-refractivity contribution is -0.123. The summed E-state index contributed by atoms with van der Waals surface area (Å²) in [6, 6.07) is 18.1. The van der Waals surface area contributed by atoms with Crippen LogP contribution in [-0.4, -0.2) is 35.8 Å². The van der Waals surface area contributed by atoms with Gasteiger partial charge in [0.25, 0.3) is 11.1 Å². The quantitative estimate of drug-likeness (QED) is 0.682. The maximum atomic E-state index is 12.5. The number of benzene rings is 2. The molecule has 0 radical (unpaired) electrons. The van der Waals surface area contributed by atoms with E-state index >= 15 is 0 Å². The predicted molar refractivity (Wildman–Crippen MR) is 102 cm³/mol. The number of carbonyl (C=O) groups excluding carboxylic acids is 2. The molecular formula is C20H16N2O4S. The highest BCUT2D eigenvalue weighted by Gasteiger charge is 2.34. The Morgan fingerprint density at radius 3 is 2.41 bits per heavy atom. The molecule has 1 saturated heterocycles. The summed E-state index contributed by atoms with van der Waals surface area (Å²) in [6.45, 7) is 0.404. The summed E-state index contributed by atoms with van der Waals surface area (Å²) >= 11 is 0.910. The third kappa shape index (κ3) is 4.90. The molecule has 1 aliphatic rings. The van der Waals surface area contributed by atoms with Crippen molar-refractivity contribution in [1.29, 1.82) is 5.26 Å². The van der Waals surface area contributed by atoms with Crippen LogP contribution in [0.3, 0.4) is 0 Å². The van der Waals surface area contributed by atoms with Gasteiger partial charge in [-0.1, -0.05) is 30.3 Å². The van der Waals surface area contributed by atoms with E-state index in [1.807, 2.05) is 36.4 Å². The van der Waals surface area contributed by atoms with Crippen LogP contribution in [-0.2, 0) is 4.79 Å². The molecule has 3 rings (SSSR count). The van der Waals surface area contributed by atoms with Gasteiger partial charge in [0.1, 0.15) is 24.2 Å². The van der Waals surface area contributed by atoms with Crippen molar-refractivity contribution in [2.24, 2.45) is 0 Å². The Balaban J connectivity index is 1.59. The van der Waals surface area contributed by atoms with Crippen molar-refractivity contribution in [3.63, 3.8) is 0 Å². The van der Waals surface area contributed by atoms with Gasteiger partial charge < -0.3 is 9.47 Å². The number of nitriles is 1. The summed E-state index contributed by atoms with van der Waals surface area (Å²) in [6.07, 6.45) is 1.66. The molecule has 7 heteroatoms. The smallest absolute Gasteiger partial charge is 0.293 e. The van der Waals surface area contributed by atoms with Gasteiger partial charge in [0.15, 0.2) is 6.61 Å². The van der Waals surface area contributed by atoms with E-state index in [0.29, 0.717) is 16.4 Å². The van der Waals surface area contributed by atoms with Crippen molar-refractivity contribution >= 4 is 29.0 Å². The summed E-state index contributed by atoms with van der Waals surface area (Å²) in [7, 11) is 0. The van der Waals surface area contributed by atoms with Gasteiger partial charge in [0.05, 0.1) is 11.4 Å². The molecule has 136 valence electrons. The van der Waals surface area contributed by atoms with Gasteiger partial charge in [-0.2, -0.15) is 5.26 Å². The zero-order valence-corrected chi connectivity index (χ0v) is 15.1. The van der Waals surface area contributed by atoms with Crippen LogP contribution in [0.1, 0.15) is 5.56 Å². The van der Waals surface area contributed by atoms with Gasteiger partial charge in [-0.25, -0.2) is 0 Å². The van der Waals surface area contributed by atoms with Gasteiger partial charge in [-0.05, 0) is 47.7 Å². The van der Waals surface area contributed by atoms with Crippen molar-refractivity contribution in [1.82, 2.24) is 4.90 Å². The van der Waals surface area contributed by atoms with Crippen LogP contribution < -0.4 is 9.47 Å². The van der Waals surface area contributed by atoms with E-state index in [9.17, 15) is 9.59 Å². The molecule has 0 atom stereocenters. The molecule has 1 aliphatic heterocycles. The average Bonchev–Trinajstić information content (AvgIpc) is 2.95. The zero-order chi connectivity index (χ0) is 19.1. The highest BCUT2D eigenvalue weighted by molar-refractivity contribution is 8.18. The fourth-order valence-corrected chi connectivity index (χ4v) is 3.26. The van der Waals surface area contributed by atoms with Crippen LogP contribution in [0.5, 0.6) is 11.5 Å². The molecule has 27 heavy (non-hydrogen) atoms. The molecule has 1 heterocycles. The molecule has 0 aliphatic carbocycles. The number of nitrogens with zero attached hydrogens (tertiary/aromatic N) is 2. The molecule has 6 nitrogen and oxygen atoms in total. The van der Waals surface area contributed by atoms with Gasteiger partial charge >= 0.3 is 0 Å².